The van der Waals surface area contributed by atoms with Crippen LogP contribution in [0.2, 0.25) is 0 Å². The first-order valence-electron chi connectivity index (χ1n) is 10.1. The number of nitrogens with one attached hydrogen (secondary N) is 1. The monoisotopic (exact) mass is 459 g/mol. The van der Waals surface area contributed by atoms with E-state index in [1.165, 1.54) is 19.2 Å². The highest BCUT2D eigenvalue weighted by atomic mass is 19.4. The highest BCUT2D eigenvalue weighted by Crippen LogP contribution is 2.46. The Balaban J connectivity index is 1.68. The van der Waals surface area contributed by atoms with E-state index in [1.807, 2.05) is 6.92 Å². The second kappa shape index (κ2) is 7.95. The van der Waals surface area contributed by atoms with Gasteiger partial charge in [-0.1, -0.05) is 29.8 Å². The molecular formula is C23H20F3N3O4. The molecule has 1 aliphatic carbocycles. The molecule has 1 aliphatic rings. The van der Waals surface area contributed by atoms with Crippen LogP contribution in [-0.4, -0.2) is 26.8 Å². The van der Waals surface area contributed by atoms with E-state index in [4.69, 9.17) is 9.84 Å². The topological polar surface area (TPSA) is 93.4 Å². The average molecular weight is 459 g/mol. The summed E-state index contributed by atoms with van der Waals surface area (Å²) in [5, 5.41) is 15.3. The zero-order valence-electron chi connectivity index (χ0n) is 17.7. The summed E-state index contributed by atoms with van der Waals surface area (Å²) in [6.45, 7) is 1.85. The van der Waals surface area contributed by atoms with Gasteiger partial charge in [-0.3, -0.25) is 4.79 Å². The number of nitrogens with zero attached hydrogens (tertiary/aromatic N) is 2. The Morgan fingerprint density at radius 2 is 1.70 bits per heavy atom. The van der Waals surface area contributed by atoms with Crippen LogP contribution in [0.4, 0.5) is 13.2 Å². The Kier molecular flexibility index (Phi) is 5.39. The summed E-state index contributed by atoms with van der Waals surface area (Å²) in [5.41, 5.74) is -1.32. The van der Waals surface area contributed by atoms with E-state index in [0.717, 1.165) is 10.2 Å². The van der Waals surface area contributed by atoms with Crippen molar-refractivity contribution in [2.75, 3.05) is 0 Å². The molecule has 0 bridgehead atoms. The molecule has 1 amide bonds. The van der Waals surface area contributed by atoms with Crippen molar-refractivity contribution in [1.82, 2.24) is 15.1 Å². The molecule has 0 radical (unpaired) electrons. The summed E-state index contributed by atoms with van der Waals surface area (Å²) in [6, 6.07) is 12.5. The van der Waals surface area contributed by atoms with E-state index in [9.17, 15) is 22.8 Å². The Morgan fingerprint density at radius 1 is 1.09 bits per heavy atom. The summed E-state index contributed by atoms with van der Waals surface area (Å²) in [4.78, 5) is 24.2. The van der Waals surface area contributed by atoms with Gasteiger partial charge in [0.15, 0.2) is 5.69 Å². The van der Waals surface area contributed by atoms with Crippen LogP contribution >= 0.6 is 0 Å². The molecule has 1 saturated carbocycles. The second-order valence-electron chi connectivity index (χ2n) is 7.98. The van der Waals surface area contributed by atoms with Gasteiger partial charge in [0.25, 0.3) is 5.91 Å². The summed E-state index contributed by atoms with van der Waals surface area (Å²) in [7, 11) is 1.27. The third-order valence-corrected chi connectivity index (χ3v) is 5.51. The van der Waals surface area contributed by atoms with Crippen molar-refractivity contribution in [2.24, 2.45) is 7.05 Å². The number of benzene rings is 2. The van der Waals surface area contributed by atoms with Gasteiger partial charge in [-0.25, -0.2) is 9.48 Å². The number of aryl methyl sites for hydroxylation is 2. The number of hydrogen-bond donors (Lipinski definition) is 2. The number of carbonyl (C=O) groups is 2. The number of amides is 1. The van der Waals surface area contributed by atoms with Crippen molar-refractivity contribution < 1.29 is 32.6 Å². The Labute approximate surface area is 186 Å². The highest BCUT2D eigenvalue weighted by molar-refractivity contribution is 5.98. The maximum atomic E-state index is 13.7. The van der Waals surface area contributed by atoms with Crippen molar-refractivity contribution in [2.45, 2.75) is 31.5 Å². The standard InChI is InChI=1S/C23H20F3N3O4/c1-13-3-9-16(10-4-13)33-20-17(18(23(24,25)26)28-29(20)2)19(30)27-22(11-12-22)15-7-5-14(6-8-15)21(31)32/h3-10H,11-12H2,1-2H3,(H,27,30)(H,31,32). The number of alkyl halides is 3. The average Bonchev–Trinajstić information content (AvgIpc) is 3.45. The van der Waals surface area contributed by atoms with Gasteiger partial charge in [0.05, 0.1) is 11.1 Å². The van der Waals surface area contributed by atoms with Gasteiger partial charge in [-0.2, -0.15) is 18.3 Å². The first kappa shape index (κ1) is 22.4. The zero-order chi connectivity index (χ0) is 24.0. The van der Waals surface area contributed by atoms with Gasteiger partial charge in [-0.15, -0.1) is 0 Å². The van der Waals surface area contributed by atoms with E-state index >= 15 is 0 Å². The van der Waals surface area contributed by atoms with Gasteiger partial charge in [-0.05, 0) is 49.6 Å². The maximum Gasteiger partial charge on any atom is 0.436 e. The third kappa shape index (κ3) is 4.41. The van der Waals surface area contributed by atoms with Crippen LogP contribution in [0.25, 0.3) is 0 Å². The summed E-state index contributed by atoms with van der Waals surface area (Å²) < 4.78 is 47.7. The van der Waals surface area contributed by atoms with Crippen LogP contribution in [0, 0.1) is 6.92 Å². The number of aromatic nitrogens is 2. The van der Waals surface area contributed by atoms with Crippen LogP contribution < -0.4 is 10.1 Å². The predicted octanol–water partition coefficient (Wildman–Crippen LogP) is 4.66. The molecule has 1 aromatic heterocycles. The van der Waals surface area contributed by atoms with Gasteiger partial charge < -0.3 is 15.2 Å². The lowest BCUT2D eigenvalue weighted by molar-refractivity contribution is -0.141. The fourth-order valence-corrected chi connectivity index (χ4v) is 3.57. The highest BCUT2D eigenvalue weighted by Gasteiger charge is 2.49. The number of carboxylic acid groups (broad SMARTS) is 1. The van der Waals surface area contributed by atoms with Crippen molar-refractivity contribution in [3.8, 4) is 11.6 Å². The van der Waals surface area contributed by atoms with Crippen molar-refractivity contribution >= 4 is 11.9 Å². The Morgan fingerprint density at radius 3 is 2.21 bits per heavy atom. The molecule has 1 fully saturated rings. The Bertz CT molecular complexity index is 1210. The van der Waals surface area contributed by atoms with Gasteiger partial charge in [0.2, 0.25) is 5.88 Å². The molecular weight excluding hydrogens is 439 g/mol. The zero-order valence-corrected chi connectivity index (χ0v) is 17.7. The molecule has 0 saturated heterocycles. The van der Waals surface area contributed by atoms with Crippen molar-refractivity contribution in [1.29, 1.82) is 0 Å². The van der Waals surface area contributed by atoms with E-state index < -0.39 is 34.8 Å². The van der Waals surface area contributed by atoms with E-state index in [0.29, 0.717) is 18.4 Å². The van der Waals surface area contributed by atoms with Gasteiger partial charge >= 0.3 is 12.1 Å². The second-order valence-corrected chi connectivity index (χ2v) is 7.98. The van der Waals surface area contributed by atoms with E-state index in [1.54, 1.807) is 36.4 Å². The fraction of sp³-hybridized carbons (Fsp3) is 0.261. The molecule has 0 aliphatic heterocycles. The minimum absolute atomic E-state index is 0.0706. The Hall–Kier alpha value is -3.82. The number of halogens is 3. The van der Waals surface area contributed by atoms with Crippen LogP contribution in [0.5, 0.6) is 11.6 Å². The number of carbonyl (C=O) groups excluding carboxylic acids is 1. The molecule has 33 heavy (non-hydrogen) atoms. The first-order chi connectivity index (χ1) is 15.5. The number of carboxylic acids is 1. The number of aromatic carboxylic acids is 1. The van der Waals surface area contributed by atoms with E-state index in [-0.39, 0.29) is 17.2 Å². The largest absolute Gasteiger partial charge is 0.478 e. The lowest BCUT2D eigenvalue weighted by Crippen LogP contribution is -2.36. The van der Waals surface area contributed by atoms with E-state index in [2.05, 4.69) is 10.4 Å². The normalized spacial score (nSPS) is 14.6. The van der Waals surface area contributed by atoms with Gasteiger partial charge in [0.1, 0.15) is 11.3 Å². The lowest BCUT2D eigenvalue weighted by atomic mass is 10.0. The summed E-state index contributed by atoms with van der Waals surface area (Å²) >= 11 is 0. The SMILES string of the molecule is Cc1ccc(Oc2c(C(=O)NC3(c4ccc(C(=O)O)cc4)CC3)c(C(F)(F)F)nn2C)cc1. The third-order valence-electron chi connectivity index (χ3n) is 5.51. The first-order valence-corrected chi connectivity index (χ1v) is 10.1. The molecule has 3 aromatic rings. The molecule has 7 nitrogen and oxygen atoms in total. The lowest BCUT2D eigenvalue weighted by Gasteiger charge is -2.19. The van der Waals surface area contributed by atoms with Gasteiger partial charge in [0, 0.05) is 7.05 Å². The molecule has 2 N–H and O–H groups in total. The molecule has 0 atom stereocenters. The smallest absolute Gasteiger partial charge is 0.436 e. The quantitative estimate of drug-likeness (QED) is 0.560. The molecule has 172 valence electrons. The van der Waals surface area contributed by atoms with Crippen LogP contribution in [0.3, 0.4) is 0 Å². The minimum Gasteiger partial charge on any atom is -0.478 e. The summed E-state index contributed by atoms with van der Waals surface area (Å²) in [5.74, 6) is -2.15. The van der Waals surface area contributed by atoms with Crippen LogP contribution in [0.1, 0.15) is 50.4 Å². The minimum atomic E-state index is -4.88. The van der Waals surface area contributed by atoms with Crippen LogP contribution in [0.15, 0.2) is 48.5 Å². The molecule has 0 spiro atoms. The molecule has 10 heteroatoms. The molecule has 0 unspecified atom stereocenters. The fourth-order valence-electron chi connectivity index (χ4n) is 3.57. The molecule has 2 aromatic carbocycles. The molecule has 4 rings (SSSR count). The van der Waals surface area contributed by atoms with Crippen LogP contribution in [-0.2, 0) is 18.8 Å². The molecule has 1 heterocycles. The number of hydrogen-bond acceptors (Lipinski definition) is 4. The number of rotatable bonds is 6. The maximum absolute atomic E-state index is 13.7. The van der Waals surface area contributed by atoms with Crippen molar-refractivity contribution in [3.63, 3.8) is 0 Å². The predicted molar refractivity (Wildman–Crippen MR) is 111 cm³/mol. The summed E-state index contributed by atoms with van der Waals surface area (Å²) in [6.07, 6.45) is -3.87. The number of ether oxygens (including phenoxy) is 1. The van der Waals surface area contributed by atoms with Crippen molar-refractivity contribution in [3.05, 3.63) is 76.5 Å².